The molecular weight excluding hydrogens is 743 g/mol. The highest BCUT2D eigenvalue weighted by molar-refractivity contribution is 6.43. The second kappa shape index (κ2) is 23.5. The average molecular weight is 799 g/mol. The van der Waals surface area contributed by atoms with Crippen molar-refractivity contribution in [2.24, 2.45) is 5.73 Å². The van der Waals surface area contributed by atoms with Crippen LogP contribution in [0.2, 0.25) is 0 Å². The summed E-state index contributed by atoms with van der Waals surface area (Å²) in [5.74, 6) is -4.49. The van der Waals surface area contributed by atoms with Crippen molar-refractivity contribution in [2.75, 3.05) is 18.5 Å². The number of hydrogen-bond acceptors (Lipinski definition) is 12. The van der Waals surface area contributed by atoms with E-state index in [-0.39, 0.29) is 37.5 Å². The van der Waals surface area contributed by atoms with Crippen LogP contribution in [0.5, 0.6) is 0 Å². The zero-order chi connectivity index (χ0) is 41.9. The van der Waals surface area contributed by atoms with Gasteiger partial charge in [0, 0.05) is 44.1 Å². The van der Waals surface area contributed by atoms with E-state index >= 15 is 0 Å². The molecule has 57 heavy (non-hydrogen) atoms. The SMILES string of the molecule is C[C@H](N)C(=O)NC(Cc1c[nH]cn1)C(=O)N[C@@H](CCCCNC(=O)CCCCCC(=O)NNc1ccc(C(=O)N[C@H](C)C(=O)N2CCC[C@H]2B(O)O)cc1)C(=O)O. The minimum absolute atomic E-state index is 0.0330. The molecule has 2 aromatic rings. The Morgan fingerprint density at radius 2 is 1.60 bits per heavy atom. The third-order valence-corrected chi connectivity index (χ3v) is 9.32. The molecule has 2 heterocycles. The lowest BCUT2D eigenvalue weighted by Crippen LogP contribution is -2.54. The molecule has 1 aliphatic rings. The van der Waals surface area contributed by atoms with Crippen molar-refractivity contribution in [1.82, 2.24) is 41.6 Å². The molecule has 3 rings (SSSR count). The molecule has 21 heteroatoms. The van der Waals surface area contributed by atoms with E-state index in [1.165, 1.54) is 37.2 Å². The number of aromatic nitrogens is 2. The second-order valence-electron chi connectivity index (χ2n) is 14.0. The van der Waals surface area contributed by atoms with E-state index in [1.807, 2.05) is 0 Å². The normalized spacial score (nSPS) is 15.7. The predicted octanol–water partition coefficient (Wildman–Crippen LogP) is -1.14. The smallest absolute Gasteiger partial charge is 0.475 e. The number of anilines is 1. The average Bonchev–Trinajstić information content (AvgIpc) is 3.89. The van der Waals surface area contributed by atoms with Crippen LogP contribution in [0.15, 0.2) is 36.8 Å². The number of aliphatic carboxylic acids is 1. The molecule has 0 radical (unpaired) electrons. The first kappa shape index (κ1) is 45.9. The van der Waals surface area contributed by atoms with Crippen molar-refractivity contribution in [1.29, 1.82) is 0 Å². The number of carboxylic acids is 1. The molecule has 1 saturated heterocycles. The van der Waals surface area contributed by atoms with Crippen molar-refractivity contribution in [2.45, 2.75) is 115 Å². The van der Waals surface area contributed by atoms with Gasteiger partial charge >= 0.3 is 13.1 Å². The number of benzene rings is 1. The first-order valence-electron chi connectivity index (χ1n) is 19.1. The van der Waals surface area contributed by atoms with Crippen molar-refractivity contribution in [3.8, 4) is 0 Å². The van der Waals surface area contributed by atoms with Gasteiger partial charge < -0.3 is 52.0 Å². The van der Waals surface area contributed by atoms with Crippen LogP contribution in [0.4, 0.5) is 5.69 Å². The summed E-state index contributed by atoms with van der Waals surface area (Å²) in [5, 5.41) is 39.1. The maximum atomic E-state index is 12.9. The van der Waals surface area contributed by atoms with Gasteiger partial charge in [0.05, 0.1) is 29.7 Å². The molecule has 0 spiro atoms. The lowest BCUT2D eigenvalue weighted by Gasteiger charge is -2.27. The highest BCUT2D eigenvalue weighted by Crippen LogP contribution is 2.19. The maximum absolute atomic E-state index is 12.9. The van der Waals surface area contributed by atoms with Crippen molar-refractivity contribution >= 4 is 54.2 Å². The van der Waals surface area contributed by atoms with Crippen LogP contribution >= 0.6 is 0 Å². The number of amides is 6. The van der Waals surface area contributed by atoms with Crippen LogP contribution in [0.3, 0.4) is 0 Å². The van der Waals surface area contributed by atoms with E-state index in [0.717, 1.165) is 0 Å². The van der Waals surface area contributed by atoms with Crippen molar-refractivity contribution in [3.63, 3.8) is 0 Å². The van der Waals surface area contributed by atoms with Gasteiger partial charge in [-0.2, -0.15) is 0 Å². The first-order valence-corrected chi connectivity index (χ1v) is 19.1. The monoisotopic (exact) mass is 798 g/mol. The van der Waals surface area contributed by atoms with Crippen molar-refractivity contribution in [3.05, 3.63) is 48.0 Å². The van der Waals surface area contributed by atoms with E-state index in [4.69, 9.17) is 5.73 Å². The standard InChI is InChI=1S/C36H55BN10O10/c1-22(38)32(50)44-28(19-26-20-39-21-41-26)34(52)43-27(36(54)55)9-6-7-17-40-30(48)11-4-3-5-12-31(49)46-45-25-15-13-24(14-16-25)33(51)42-23(2)35(53)47-18-8-10-29(47)37(56)57/h13-16,20-23,27-29,45,56-57H,3-12,17-19,38H2,1-2H3,(H,39,41)(H,40,48)(H,42,51)(H,43,52)(H,44,50)(H,46,49)(H,54,55)/t22-,23+,27-,28?,29-/m0/s1. The summed E-state index contributed by atoms with van der Waals surface area (Å²) in [5.41, 5.74) is 12.3. The Bertz CT molecular complexity index is 1640. The summed E-state index contributed by atoms with van der Waals surface area (Å²) in [7, 11) is -1.64. The summed E-state index contributed by atoms with van der Waals surface area (Å²) < 4.78 is 0. The van der Waals surface area contributed by atoms with Gasteiger partial charge in [-0.3, -0.25) is 39.6 Å². The molecule has 12 N–H and O–H groups in total. The molecule has 0 bridgehead atoms. The topological polar surface area (TPSA) is 310 Å². The molecular formula is C36H55BN10O10. The molecule has 20 nitrogen and oxygen atoms in total. The van der Waals surface area contributed by atoms with E-state index in [2.05, 4.69) is 42.1 Å². The summed E-state index contributed by atoms with van der Waals surface area (Å²) in [4.78, 5) is 95.1. The van der Waals surface area contributed by atoms with Crippen LogP contribution < -0.4 is 37.9 Å². The Morgan fingerprint density at radius 1 is 0.912 bits per heavy atom. The zero-order valence-corrected chi connectivity index (χ0v) is 32.3. The fourth-order valence-corrected chi connectivity index (χ4v) is 6.07. The van der Waals surface area contributed by atoms with Crippen LogP contribution in [0.1, 0.15) is 94.1 Å². The fraction of sp³-hybridized carbons (Fsp3) is 0.556. The van der Waals surface area contributed by atoms with Crippen LogP contribution in [0.25, 0.3) is 0 Å². The zero-order valence-electron chi connectivity index (χ0n) is 32.3. The fourth-order valence-electron chi connectivity index (χ4n) is 6.07. The number of nitrogens with zero attached hydrogens (tertiary/aromatic N) is 2. The first-order chi connectivity index (χ1) is 27.2. The number of imidazole rings is 1. The third kappa shape index (κ3) is 15.9. The second-order valence-corrected chi connectivity index (χ2v) is 14.0. The largest absolute Gasteiger partial charge is 0.480 e. The Kier molecular flexibility index (Phi) is 18.9. The predicted molar refractivity (Wildman–Crippen MR) is 207 cm³/mol. The van der Waals surface area contributed by atoms with E-state index < -0.39 is 66.8 Å². The molecule has 312 valence electrons. The van der Waals surface area contributed by atoms with Gasteiger partial charge in [0.15, 0.2) is 0 Å². The third-order valence-electron chi connectivity index (χ3n) is 9.32. The lowest BCUT2D eigenvalue weighted by atomic mass is 9.78. The van der Waals surface area contributed by atoms with Crippen LogP contribution in [-0.2, 0) is 35.2 Å². The van der Waals surface area contributed by atoms with Gasteiger partial charge in [0.1, 0.15) is 18.1 Å². The summed E-state index contributed by atoms with van der Waals surface area (Å²) >= 11 is 0. The Balaban J connectivity index is 1.26. The van der Waals surface area contributed by atoms with Crippen LogP contribution in [-0.4, -0.2) is 122 Å². The summed E-state index contributed by atoms with van der Waals surface area (Å²) in [6.07, 6.45) is 7.34. The number of aromatic amines is 1. The van der Waals surface area contributed by atoms with Gasteiger partial charge in [-0.1, -0.05) is 6.42 Å². The number of hydrogen-bond donors (Lipinski definition) is 11. The molecule has 0 saturated carbocycles. The van der Waals surface area contributed by atoms with E-state index in [9.17, 15) is 48.7 Å². The van der Waals surface area contributed by atoms with E-state index in [1.54, 1.807) is 18.3 Å². The number of unbranched alkanes of at least 4 members (excludes halogenated alkanes) is 3. The molecule has 1 aliphatic heterocycles. The molecule has 1 fully saturated rings. The quantitative estimate of drug-likeness (QED) is 0.0340. The summed E-state index contributed by atoms with van der Waals surface area (Å²) in [6, 6.07) is 2.22. The molecule has 1 aromatic heterocycles. The Morgan fingerprint density at radius 3 is 2.23 bits per heavy atom. The van der Waals surface area contributed by atoms with Gasteiger partial charge in [-0.15, -0.1) is 0 Å². The molecule has 5 atom stereocenters. The molecule has 1 aromatic carbocycles. The number of rotatable bonds is 24. The number of carboxylic acid groups (broad SMARTS) is 1. The van der Waals surface area contributed by atoms with Crippen LogP contribution in [0, 0.1) is 0 Å². The van der Waals surface area contributed by atoms with E-state index in [0.29, 0.717) is 75.0 Å². The van der Waals surface area contributed by atoms with Gasteiger partial charge in [0.2, 0.25) is 29.5 Å². The minimum atomic E-state index is -1.64. The minimum Gasteiger partial charge on any atom is -0.480 e. The van der Waals surface area contributed by atoms with Crippen molar-refractivity contribution < 1.29 is 48.7 Å². The highest BCUT2D eigenvalue weighted by atomic mass is 16.4. The number of likely N-dealkylation sites (tertiary alicyclic amines) is 1. The Labute approximate surface area is 331 Å². The van der Waals surface area contributed by atoms with Gasteiger partial charge in [-0.05, 0) is 83.1 Å². The number of nitrogens with two attached hydrogens (primary N) is 1. The van der Waals surface area contributed by atoms with Gasteiger partial charge in [0.25, 0.3) is 5.91 Å². The van der Waals surface area contributed by atoms with Gasteiger partial charge in [-0.25, -0.2) is 9.78 Å². The lowest BCUT2D eigenvalue weighted by molar-refractivity contribution is -0.142. The molecule has 6 amide bonds. The summed E-state index contributed by atoms with van der Waals surface area (Å²) in [6.45, 7) is 3.70. The Hall–Kier alpha value is -5.54. The molecule has 1 unspecified atom stereocenters. The highest BCUT2D eigenvalue weighted by Gasteiger charge is 2.38. The number of carbonyl (C=O) groups excluding carboxylic acids is 6. The maximum Gasteiger partial charge on any atom is 0.475 e. The molecule has 0 aliphatic carbocycles. The number of carbonyl (C=O) groups is 7. The number of hydrazine groups is 1. The number of nitrogens with one attached hydrogen (secondary N) is 7. The number of H-pyrrole nitrogens is 1.